The molecule has 0 aliphatic rings. The zero-order valence-electron chi connectivity index (χ0n) is 8.37. The van der Waals surface area contributed by atoms with Crippen LogP contribution in [-0.4, -0.2) is 18.1 Å². The molecule has 0 amide bonds. The van der Waals surface area contributed by atoms with Crippen LogP contribution in [-0.2, 0) is 4.79 Å². The van der Waals surface area contributed by atoms with Crippen LogP contribution >= 0.6 is 0 Å². The molecule has 0 radical (unpaired) electrons. The van der Waals surface area contributed by atoms with Crippen molar-refractivity contribution < 1.29 is 27.5 Å². The van der Waals surface area contributed by atoms with Crippen molar-refractivity contribution in [1.82, 2.24) is 0 Å². The molecule has 0 fully saturated rings. The van der Waals surface area contributed by atoms with Crippen LogP contribution in [0.25, 0.3) is 5.76 Å². The molecule has 1 aromatic rings. The summed E-state index contributed by atoms with van der Waals surface area (Å²) < 4.78 is 48.7. The fourth-order valence-electron chi connectivity index (χ4n) is 1.01. The Bertz CT molecular complexity index is 426. The minimum Gasteiger partial charge on any atom is -0.872 e. The summed E-state index contributed by atoms with van der Waals surface area (Å²) in [5.74, 6) is -8.05. The molecule has 0 saturated carbocycles. The maximum Gasteiger partial charge on any atom is 0.368 e. The molecule has 0 aliphatic heterocycles. The summed E-state index contributed by atoms with van der Waals surface area (Å²) in [5, 5.41) is 11.3. The van der Waals surface area contributed by atoms with Crippen LogP contribution < -0.4 is 5.11 Å². The van der Waals surface area contributed by atoms with Gasteiger partial charge in [-0.05, 0) is 11.6 Å². The Labute approximate surface area is 94.2 Å². The summed E-state index contributed by atoms with van der Waals surface area (Å²) >= 11 is 0. The van der Waals surface area contributed by atoms with Crippen LogP contribution in [0.2, 0.25) is 0 Å². The molecule has 0 heterocycles. The third-order valence-corrected chi connectivity index (χ3v) is 1.92. The quantitative estimate of drug-likeness (QED) is 0.463. The summed E-state index contributed by atoms with van der Waals surface area (Å²) in [6, 6.07) is 7.05. The molecule has 2 nitrogen and oxygen atoms in total. The predicted octanol–water partition coefficient (Wildman–Crippen LogP) is 1.86. The number of alkyl halides is 4. The van der Waals surface area contributed by atoms with E-state index >= 15 is 0 Å². The Morgan fingerprint density at radius 2 is 1.76 bits per heavy atom. The number of benzene rings is 1. The topological polar surface area (TPSA) is 40.1 Å². The van der Waals surface area contributed by atoms with E-state index in [0.717, 1.165) is 0 Å². The predicted molar refractivity (Wildman–Crippen MR) is 50.4 cm³/mol. The second-order valence-electron chi connectivity index (χ2n) is 3.16. The molecular weight excluding hydrogens is 240 g/mol. The molecule has 0 aliphatic carbocycles. The molecule has 0 saturated heterocycles. The van der Waals surface area contributed by atoms with E-state index in [1.165, 1.54) is 24.3 Å². The largest absolute Gasteiger partial charge is 0.872 e. The molecule has 0 unspecified atom stereocenters. The summed E-state index contributed by atoms with van der Waals surface area (Å²) in [6.45, 7) is 0. The average molecular weight is 247 g/mol. The highest BCUT2D eigenvalue weighted by molar-refractivity contribution is 6.00. The fraction of sp³-hybridized carbons (Fsp3) is 0.182. The van der Waals surface area contributed by atoms with Crippen molar-refractivity contribution in [2.45, 2.75) is 12.3 Å². The average Bonchev–Trinajstić information content (AvgIpc) is 2.29. The van der Waals surface area contributed by atoms with E-state index in [1.807, 2.05) is 0 Å². The normalized spacial score (nSPS) is 12.9. The Morgan fingerprint density at radius 3 is 2.24 bits per heavy atom. The second-order valence-corrected chi connectivity index (χ2v) is 3.16. The van der Waals surface area contributed by atoms with Crippen molar-refractivity contribution in [3.63, 3.8) is 0 Å². The summed E-state index contributed by atoms with van der Waals surface area (Å²) in [5.41, 5.74) is -0.0223. The highest BCUT2D eigenvalue weighted by Gasteiger charge is 2.47. The molecule has 1 rings (SSSR count). The van der Waals surface area contributed by atoms with Gasteiger partial charge >= 0.3 is 12.3 Å². The molecule has 0 aromatic heterocycles. The smallest absolute Gasteiger partial charge is 0.368 e. The van der Waals surface area contributed by atoms with Gasteiger partial charge in [0.25, 0.3) is 0 Å². The lowest BCUT2D eigenvalue weighted by molar-refractivity contribution is -0.244. The molecule has 0 bridgehead atoms. The number of hydrogen-bond donors (Lipinski definition) is 0. The van der Waals surface area contributed by atoms with Crippen LogP contribution in [0.1, 0.15) is 5.56 Å². The zero-order chi connectivity index (χ0) is 13.1. The first-order valence-corrected chi connectivity index (χ1v) is 4.50. The number of hydrogen-bond acceptors (Lipinski definition) is 2. The molecule has 0 atom stereocenters. The van der Waals surface area contributed by atoms with E-state index in [0.29, 0.717) is 0 Å². The van der Waals surface area contributed by atoms with Crippen LogP contribution in [0.5, 0.6) is 0 Å². The zero-order valence-corrected chi connectivity index (χ0v) is 8.37. The van der Waals surface area contributed by atoms with Gasteiger partial charge in [-0.1, -0.05) is 36.1 Å². The first kappa shape index (κ1) is 13.2. The van der Waals surface area contributed by atoms with Gasteiger partial charge in [-0.25, -0.2) is 8.78 Å². The van der Waals surface area contributed by atoms with Crippen LogP contribution in [0.4, 0.5) is 17.6 Å². The van der Waals surface area contributed by atoms with Gasteiger partial charge in [0.1, 0.15) is 0 Å². The van der Waals surface area contributed by atoms with Crippen molar-refractivity contribution in [1.29, 1.82) is 0 Å². The molecule has 6 heteroatoms. The Kier molecular flexibility index (Phi) is 3.88. The lowest BCUT2D eigenvalue weighted by Gasteiger charge is -2.15. The van der Waals surface area contributed by atoms with Gasteiger partial charge in [-0.2, -0.15) is 8.78 Å². The van der Waals surface area contributed by atoms with Gasteiger partial charge in [0, 0.05) is 0 Å². The van der Waals surface area contributed by atoms with Crippen molar-refractivity contribution in [3.8, 4) is 0 Å². The van der Waals surface area contributed by atoms with Crippen LogP contribution in [0.15, 0.2) is 36.4 Å². The van der Waals surface area contributed by atoms with Gasteiger partial charge in [0.2, 0.25) is 5.78 Å². The highest BCUT2D eigenvalue weighted by atomic mass is 19.3. The summed E-state index contributed by atoms with van der Waals surface area (Å²) in [4.78, 5) is 10.8. The van der Waals surface area contributed by atoms with Gasteiger partial charge in [-0.3, -0.25) is 4.79 Å². The van der Waals surface area contributed by atoms with Crippen molar-refractivity contribution in [3.05, 3.63) is 42.0 Å². The molecule has 0 spiro atoms. The monoisotopic (exact) mass is 247 g/mol. The molecule has 92 valence electrons. The molecule has 1 aromatic carbocycles. The Hall–Kier alpha value is -1.85. The second kappa shape index (κ2) is 4.99. The van der Waals surface area contributed by atoms with E-state index < -0.39 is 23.9 Å². The van der Waals surface area contributed by atoms with Crippen molar-refractivity contribution in [2.75, 3.05) is 0 Å². The number of allylic oxidation sites excluding steroid dienone is 1. The SMILES string of the molecule is O=C(C=C([O-])c1ccccc1)C(F)(F)C(F)F. The van der Waals surface area contributed by atoms with E-state index in [4.69, 9.17) is 0 Å². The lowest BCUT2D eigenvalue weighted by atomic mass is 10.1. The third kappa shape index (κ3) is 3.05. The van der Waals surface area contributed by atoms with E-state index in [1.54, 1.807) is 6.07 Å². The minimum atomic E-state index is -4.83. The fourth-order valence-corrected chi connectivity index (χ4v) is 1.01. The van der Waals surface area contributed by atoms with Gasteiger partial charge < -0.3 is 5.11 Å². The number of carbonyl (C=O) groups is 1. The number of carbonyl (C=O) groups excluding carboxylic acids is 1. The van der Waals surface area contributed by atoms with Crippen LogP contribution in [0.3, 0.4) is 0 Å². The standard InChI is InChI=1S/C11H8F4O2/c12-10(13)11(14,15)9(17)6-8(16)7-4-2-1-3-5-7/h1-6,10,16H/p-1. The third-order valence-electron chi connectivity index (χ3n) is 1.92. The highest BCUT2D eigenvalue weighted by Crippen LogP contribution is 2.25. The molecular formula is C11H7F4O2-. The maximum atomic E-state index is 12.5. The first-order valence-electron chi connectivity index (χ1n) is 4.50. The maximum absolute atomic E-state index is 12.5. The lowest BCUT2D eigenvalue weighted by Crippen LogP contribution is -2.35. The van der Waals surface area contributed by atoms with E-state index in [9.17, 15) is 27.5 Å². The van der Waals surface area contributed by atoms with E-state index in [2.05, 4.69) is 0 Å². The van der Waals surface area contributed by atoms with Gasteiger partial charge in [-0.15, -0.1) is 0 Å². The number of ketones is 1. The molecule has 17 heavy (non-hydrogen) atoms. The van der Waals surface area contributed by atoms with E-state index in [-0.39, 0.29) is 11.6 Å². The number of halogens is 4. The van der Waals surface area contributed by atoms with Gasteiger partial charge in [0.15, 0.2) is 0 Å². The summed E-state index contributed by atoms with van der Waals surface area (Å²) in [7, 11) is 0. The summed E-state index contributed by atoms with van der Waals surface area (Å²) in [6.07, 6.45) is -4.14. The first-order chi connectivity index (χ1) is 7.85. The van der Waals surface area contributed by atoms with Crippen LogP contribution in [0, 0.1) is 0 Å². The van der Waals surface area contributed by atoms with Gasteiger partial charge in [0.05, 0.1) is 0 Å². The Morgan fingerprint density at radius 1 is 1.24 bits per heavy atom. The molecule has 0 N–H and O–H groups in total. The Balaban J connectivity index is 2.94. The minimum absolute atomic E-state index is 0.0124. The van der Waals surface area contributed by atoms with Crippen molar-refractivity contribution >= 4 is 11.5 Å². The number of rotatable bonds is 4. The van der Waals surface area contributed by atoms with Crippen molar-refractivity contribution in [2.24, 2.45) is 0 Å².